The van der Waals surface area contributed by atoms with Gasteiger partial charge in [0.15, 0.2) is 0 Å². The van der Waals surface area contributed by atoms with Crippen molar-refractivity contribution in [3.63, 3.8) is 0 Å². The summed E-state index contributed by atoms with van der Waals surface area (Å²) in [4.78, 5) is 12.8. The summed E-state index contributed by atoms with van der Waals surface area (Å²) in [5, 5.41) is 1.49. The van der Waals surface area contributed by atoms with Crippen LogP contribution in [0, 0.1) is 0 Å². The first kappa shape index (κ1) is 20.3. The van der Waals surface area contributed by atoms with Gasteiger partial charge in [-0.05, 0) is 36.8 Å². The smallest absolute Gasteiger partial charge is 0.335 e. The fourth-order valence-corrected chi connectivity index (χ4v) is 6.89. The maximum Gasteiger partial charge on any atom is 0.335 e. The molecule has 0 saturated carbocycles. The Morgan fingerprint density at radius 1 is 0.900 bits per heavy atom. The highest BCUT2D eigenvalue weighted by Crippen LogP contribution is 2.55. The van der Waals surface area contributed by atoms with Crippen LogP contribution < -0.4 is 10.6 Å². The second-order valence-electron chi connectivity index (χ2n) is 7.06. The Morgan fingerprint density at radius 2 is 1.40 bits per heavy atom. The normalized spacial score (nSPS) is 16.8. The van der Waals surface area contributed by atoms with Crippen LogP contribution in [0.25, 0.3) is 0 Å². The van der Waals surface area contributed by atoms with Crippen LogP contribution in [0.4, 0.5) is 0 Å². The Kier molecular flexibility index (Phi) is 5.98. The first-order chi connectivity index (χ1) is 14.7. The molecule has 1 heterocycles. The van der Waals surface area contributed by atoms with Crippen LogP contribution in [-0.4, -0.2) is 23.8 Å². The van der Waals surface area contributed by atoms with Gasteiger partial charge in [-0.1, -0.05) is 72.8 Å². The van der Waals surface area contributed by atoms with Crippen molar-refractivity contribution < 1.29 is 14.1 Å². The van der Waals surface area contributed by atoms with E-state index in [2.05, 4.69) is 0 Å². The van der Waals surface area contributed by atoms with Crippen LogP contribution in [-0.2, 0) is 14.1 Å². The molecule has 0 N–H and O–H groups in total. The number of hydrogen-bond acceptors (Lipinski definition) is 3. The maximum atomic E-state index is 14.9. The summed E-state index contributed by atoms with van der Waals surface area (Å²) in [6.07, 6.45) is 1.86. The second kappa shape index (κ2) is 8.83. The van der Waals surface area contributed by atoms with E-state index in [9.17, 15) is 9.36 Å². The van der Waals surface area contributed by atoms with E-state index in [0.717, 1.165) is 16.2 Å². The van der Waals surface area contributed by atoms with E-state index in [4.69, 9.17) is 4.74 Å². The van der Waals surface area contributed by atoms with E-state index in [0.29, 0.717) is 18.7 Å². The summed E-state index contributed by atoms with van der Waals surface area (Å²) in [5.41, 5.74) is 1.46. The number of ether oxygens (including phenoxy) is 1. The molecule has 1 atom stereocenters. The highest BCUT2D eigenvalue weighted by Gasteiger charge is 2.45. The highest BCUT2D eigenvalue weighted by molar-refractivity contribution is 7.76. The second-order valence-corrected chi connectivity index (χ2v) is 9.76. The minimum atomic E-state index is -3.22. The highest BCUT2D eigenvalue weighted by atomic mass is 31.2. The molecule has 1 aliphatic rings. The van der Waals surface area contributed by atoms with E-state index in [-0.39, 0.29) is 5.97 Å². The van der Waals surface area contributed by atoms with Crippen LogP contribution in [0.5, 0.6) is 0 Å². The van der Waals surface area contributed by atoms with Crippen molar-refractivity contribution in [2.45, 2.75) is 13.0 Å². The van der Waals surface area contributed by atoms with Gasteiger partial charge >= 0.3 is 5.97 Å². The standard InChI is InChI=1S/C25H24NO3P/c1-2-29-25(27)23-18-19-26(24(23)20-12-6-3-7-13-20)30(28,21-14-8-4-9-15-21)22-16-10-5-11-17-22/h3-18,24H,2,19H2,1H3/t24-/m0/s1. The van der Waals surface area contributed by atoms with Crippen LogP contribution in [0.2, 0.25) is 0 Å². The Bertz CT molecular complexity index is 1040. The third kappa shape index (κ3) is 3.65. The molecule has 30 heavy (non-hydrogen) atoms. The Labute approximate surface area is 177 Å². The lowest BCUT2D eigenvalue weighted by atomic mass is 10.0. The van der Waals surface area contributed by atoms with Crippen molar-refractivity contribution in [1.82, 2.24) is 4.67 Å². The molecular weight excluding hydrogens is 393 g/mol. The fourth-order valence-electron chi connectivity index (χ4n) is 3.95. The van der Waals surface area contributed by atoms with Crippen molar-refractivity contribution in [2.24, 2.45) is 0 Å². The van der Waals surface area contributed by atoms with Gasteiger partial charge in [0, 0.05) is 17.2 Å². The molecule has 4 rings (SSSR count). The van der Waals surface area contributed by atoms with Crippen LogP contribution in [0.1, 0.15) is 18.5 Å². The molecule has 0 saturated heterocycles. The molecule has 0 unspecified atom stereocenters. The van der Waals surface area contributed by atoms with Gasteiger partial charge in [0.25, 0.3) is 0 Å². The van der Waals surface area contributed by atoms with Gasteiger partial charge in [0.2, 0.25) is 7.29 Å². The summed E-state index contributed by atoms with van der Waals surface area (Å²) in [7, 11) is -3.22. The molecule has 3 aromatic rings. The fraction of sp³-hybridized carbons (Fsp3) is 0.160. The average Bonchev–Trinajstić information content (AvgIpc) is 3.26. The average molecular weight is 417 g/mol. The summed E-state index contributed by atoms with van der Waals surface area (Å²) in [5.74, 6) is -0.360. The van der Waals surface area contributed by atoms with E-state index in [1.807, 2.05) is 102 Å². The van der Waals surface area contributed by atoms with Crippen molar-refractivity contribution in [3.8, 4) is 0 Å². The Balaban J connectivity index is 1.88. The van der Waals surface area contributed by atoms with E-state index >= 15 is 0 Å². The van der Waals surface area contributed by atoms with E-state index < -0.39 is 13.3 Å². The molecule has 0 spiro atoms. The topological polar surface area (TPSA) is 46.6 Å². The molecule has 0 radical (unpaired) electrons. The molecule has 3 aromatic carbocycles. The third-order valence-corrected chi connectivity index (χ3v) is 8.41. The zero-order chi connectivity index (χ0) is 21.0. The van der Waals surface area contributed by atoms with Crippen molar-refractivity contribution in [1.29, 1.82) is 0 Å². The van der Waals surface area contributed by atoms with Gasteiger partial charge in [0.1, 0.15) is 0 Å². The number of rotatable bonds is 6. The summed E-state index contributed by atoms with van der Waals surface area (Å²) < 4.78 is 22.2. The predicted molar refractivity (Wildman–Crippen MR) is 120 cm³/mol. The molecule has 0 aromatic heterocycles. The van der Waals surface area contributed by atoms with Crippen LogP contribution in [0.3, 0.4) is 0 Å². The van der Waals surface area contributed by atoms with Crippen molar-refractivity contribution >= 4 is 23.9 Å². The molecule has 0 aliphatic carbocycles. The lowest BCUT2D eigenvalue weighted by molar-refractivity contribution is -0.138. The number of benzene rings is 3. The zero-order valence-corrected chi connectivity index (χ0v) is 17.7. The first-order valence-corrected chi connectivity index (χ1v) is 11.7. The lowest BCUT2D eigenvalue weighted by Crippen LogP contribution is -2.34. The van der Waals surface area contributed by atoms with E-state index in [1.165, 1.54) is 0 Å². The van der Waals surface area contributed by atoms with Crippen LogP contribution >= 0.6 is 7.29 Å². The van der Waals surface area contributed by atoms with Gasteiger partial charge in [0.05, 0.1) is 18.2 Å². The first-order valence-electron chi connectivity index (χ1n) is 10.1. The quantitative estimate of drug-likeness (QED) is 0.439. The summed E-state index contributed by atoms with van der Waals surface area (Å²) in [6, 6.07) is 28.3. The molecule has 152 valence electrons. The Morgan fingerprint density at radius 3 is 1.90 bits per heavy atom. The monoisotopic (exact) mass is 417 g/mol. The SMILES string of the molecule is CCOC(=O)C1=CCN(P(=O)(c2ccccc2)c2ccccc2)[C@H]1c1ccccc1. The summed E-state index contributed by atoms with van der Waals surface area (Å²) in [6.45, 7) is 2.49. The maximum absolute atomic E-state index is 14.9. The largest absolute Gasteiger partial charge is 0.463 e. The summed E-state index contributed by atoms with van der Waals surface area (Å²) >= 11 is 0. The predicted octanol–water partition coefficient (Wildman–Crippen LogP) is 4.46. The van der Waals surface area contributed by atoms with Crippen LogP contribution in [0.15, 0.2) is 103 Å². The van der Waals surface area contributed by atoms with Gasteiger partial charge in [-0.3, -0.25) is 4.57 Å². The van der Waals surface area contributed by atoms with Crippen molar-refractivity contribution in [3.05, 3.63) is 108 Å². The molecule has 0 bridgehead atoms. The number of carbonyl (C=O) groups excluding carboxylic acids is 1. The molecule has 4 nitrogen and oxygen atoms in total. The van der Waals surface area contributed by atoms with E-state index in [1.54, 1.807) is 6.92 Å². The minimum absolute atomic E-state index is 0.298. The van der Waals surface area contributed by atoms with Crippen molar-refractivity contribution in [2.75, 3.05) is 13.2 Å². The van der Waals surface area contributed by atoms with Gasteiger partial charge in [-0.25, -0.2) is 9.46 Å². The number of esters is 1. The molecule has 5 heteroatoms. The van der Waals surface area contributed by atoms with Gasteiger partial charge < -0.3 is 4.74 Å². The molecule has 0 amide bonds. The Hall–Kier alpha value is -2.94. The molecule has 1 aliphatic heterocycles. The minimum Gasteiger partial charge on any atom is -0.463 e. The lowest BCUT2D eigenvalue weighted by Gasteiger charge is -2.35. The van der Waals surface area contributed by atoms with Gasteiger partial charge in [-0.2, -0.15) is 0 Å². The number of nitrogens with zero attached hydrogens (tertiary/aromatic N) is 1. The number of hydrogen-bond donors (Lipinski definition) is 0. The van der Waals surface area contributed by atoms with Gasteiger partial charge in [-0.15, -0.1) is 0 Å². The third-order valence-electron chi connectivity index (χ3n) is 5.29. The zero-order valence-electron chi connectivity index (χ0n) is 16.8. The molecule has 0 fully saturated rings. The number of carbonyl (C=O) groups is 1. The molecular formula is C25H24NO3P.